The predicted octanol–water partition coefficient (Wildman–Crippen LogP) is 11.8. The van der Waals surface area contributed by atoms with Gasteiger partial charge >= 0.3 is 0 Å². The summed E-state index contributed by atoms with van der Waals surface area (Å²) in [6.07, 6.45) is -0.238. The summed E-state index contributed by atoms with van der Waals surface area (Å²) >= 11 is 0. The molecule has 1 N–H and O–H groups in total. The zero-order valence-electron chi connectivity index (χ0n) is 28.9. The Morgan fingerprint density at radius 2 is 1.08 bits per heavy atom. The van der Waals surface area contributed by atoms with E-state index in [1.807, 2.05) is 24.3 Å². The smallest absolute Gasteiger partial charge is 0.159 e. The lowest BCUT2D eigenvalue weighted by Gasteiger charge is -2.23. The lowest BCUT2D eigenvalue weighted by Crippen LogP contribution is -2.33. The zero-order chi connectivity index (χ0) is 35.1. The third-order valence-electron chi connectivity index (χ3n) is 10.2. The van der Waals surface area contributed by atoms with Crippen LogP contribution in [0.5, 0.6) is 0 Å². The van der Waals surface area contributed by atoms with Gasteiger partial charge in [-0.15, -0.1) is 0 Å². The Bertz CT molecular complexity index is 2840. The second-order valence-electron chi connectivity index (χ2n) is 13.5. The molecule has 2 heterocycles. The third-order valence-corrected chi connectivity index (χ3v) is 10.2. The third kappa shape index (κ3) is 5.58. The molecule has 250 valence electrons. The van der Waals surface area contributed by atoms with Crippen LogP contribution < -0.4 is 5.32 Å². The highest BCUT2D eigenvalue weighted by Crippen LogP contribution is 2.41. The number of aliphatic imine (C=N–C) groups is 2. The van der Waals surface area contributed by atoms with Crippen molar-refractivity contribution < 1.29 is 0 Å². The number of benzene rings is 8. The van der Waals surface area contributed by atoms with Gasteiger partial charge in [0, 0.05) is 27.6 Å². The number of rotatable bonds is 6. The molecule has 8 aromatic carbocycles. The van der Waals surface area contributed by atoms with E-state index in [1.54, 1.807) is 0 Å². The lowest BCUT2D eigenvalue weighted by molar-refractivity contribution is 0.674. The predicted molar refractivity (Wildman–Crippen MR) is 221 cm³/mol. The van der Waals surface area contributed by atoms with Crippen LogP contribution in [0.25, 0.3) is 60.5 Å². The minimum atomic E-state index is -0.238. The molecular weight excluding hydrogens is 645 g/mol. The average Bonchev–Trinajstić information content (AvgIpc) is 3.58. The van der Waals surface area contributed by atoms with Crippen LogP contribution in [0.1, 0.15) is 22.9 Å². The van der Waals surface area contributed by atoms with Gasteiger partial charge in [0.15, 0.2) is 5.84 Å². The first-order chi connectivity index (χ1) is 26.3. The Hall–Kier alpha value is -7.04. The van der Waals surface area contributed by atoms with Crippen LogP contribution in [-0.4, -0.2) is 16.2 Å². The topological polar surface area (TPSA) is 41.7 Å². The summed E-state index contributed by atoms with van der Waals surface area (Å²) < 4.78 is 2.39. The van der Waals surface area contributed by atoms with Crippen LogP contribution in [0.15, 0.2) is 204 Å². The van der Waals surface area contributed by atoms with Crippen LogP contribution in [0.3, 0.4) is 0 Å². The summed E-state index contributed by atoms with van der Waals surface area (Å²) in [4.78, 5) is 10.1. The Balaban J connectivity index is 1.09. The molecule has 1 atom stereocenters. The van der Waals surface area contributed by atoms with Gasteiger partial charge in [-0.3, -0.25) is 0 Å². The van der Waals surface area contributed by atoms with Crippen molar-refractivity contribution in [2.45, 2.75) is 6.17 Å². The maximum Gasteiger partial charge on any atom is 0.159 e. The summed E-state index contributed by atoms with van der Waals surface area (Å²) in [5.41, 5.74) is 11.5. The molecule has 9 aromatic rings. The van der Waals surface area contributed by atoms with E-state index in [4.69, 9.17) is 9.98 Å². The minimum Gasteiger partial charge on any atom is -0.344 e. The molecule has 0 bridgehead atoms. The van der Waals surface area contributed by atoms with Gasteiger partial charge in [-0.05, 0) is 81.1 Å². The number of hydrogen-bond acceptors (Lipinski definition) is 3. The van der Waals surface area contributed by atoms with Gasteiger partial charge in [0.25, 0.3) is 0 Å². The van der Waals surface area contributed by atoms with Crippen LogP contribution in [0.2, 0.25) is 0 Å². The molecule has 10 rings (SSSR count). The number of aromatic nitrogens is 1. The van der Waals surface area contributed by atoms with E-state index in [-0.39, 0.29) is 6.17 Å². The quantitative estimate of drug-likeness (QED) is 0.187. The molecule has 0 amide bonds. The van der Waals surface area contributed by atoms with Crippen LogP contribution >= 0.6 is 0 Å². The van der Waals surface area contributed by atoms with E-state index >= 15 is 0 Å². The molecule has 1 unspecified atom stereocenters. The van der Waals surface area contributed by atoms with E-state index in [0.717, 1.165) is 39.4 Å². The van der Waals surface area contributed by atoms with Crippen molar-refractivity contribution in [1.29, 1.82) is 0 Å². The molecule has 4 heteroatoms. The van der Waals surface area contributed by atoms with Gasteiger partial charge in [-0.2, -0.15) is 0 Å². The van der Waals surface area contributed by atoms with E-state index in [0.29, 0.717) is 0 Å². The number of nitrogens with one attached hydrogen (secondary N) is 1. The summed E-state index contributed by atoms with van der Waals surface area (Å²) in [5.74, 6) is 1.54. The molecule has 0 fully saturated rings. The van der Waals surface area contributed by atoms with Crippen molar-refractivity contribution in [3.63, 3.8) is 0 Å². The molecule has 53 heavy (non-hydrogen) atoms. The Labute approximate surface area is 308 Å². The number of para-hydroxylation sites is 1. The second-order valence-corrected chi connectivity index (χ2v) is 13.5. The molecule has 1 aliphatic rings. The highest BCUT2D eigenvalue weighted by atomic mass is 15.2. The standard InChI is InChI=1S/C49H34N4/c1-5-14-33(15-6-1)38-28-29-44-43(32-38)46-42(22-13-23-45(46)53(44)41-20-11-4-12-21-41)39-26-24-37-31-40(27-25-36(37)30-39)49-51-47(34-16-7-2-8-17-34)50-48(52-49)35-18-9-3-10-19-35/h1-32,47H,(H,50,51,52). The van der Waals surface area contributed by atoms with E-state index in [1.165, 1.54) is 49.4 Å². The number of amidine groups is 2. The first-order valence-corrected chi connectivity index (χ1v) is 18.0. The highest BCUT2D eigenvalue weighted by molar-refractivity contribution is 6.17. The number of nitrogens with zero attached hydrogens (tertiary/aromatic N) is 3. The van der Waals surface area contributed by atoms with Gasteiger partial charge in [0.1, 0.15) is 12.0 Å². The Kier molecular flexibility index (Phi) is 7.51. The van der Waals surface area contributed by atoms with Crippen molar-refractivity contribution in [3.05, 3.63) is 211 Å². The Morgan fingerprint density at radius 3 is 1.81 bits per heavy atom. The molecule has 0 saturated carbocycles. The number of fused-ring (bicyclic) bond motifs is 4. The molecule has 0 radical (unpaired) electrons. The van der Waals surface area contributed by atoms with Crippen molar-refractivity contribution in [3.8, 4) is 27.9 Å². The van der Waals surface area contributed by atoms with E-state index < -0.39 is 0 Å². The van der Waals surface area contributed by atoms with Gasteiger partial charge in [0.05, 0.1) is 11.0 Å². The summed E-state index contributed by atoms with van der Waals surface area (Å²) in [7, 11) is 0. The minimum absolute atomic E-state index is 0.238. The first-order valence-electron chi connectivity index (χ1n) is 18.0. The molecule has 1 aliphatic heterocycles. The maximum absolute atomic E-state index is 5.04. The fourth-order valence-electron chi connectivity index (χ4n) is 7.66. The summed E-state index contributed by atoms with van der Waals surface area (Å²) in [6, 6.07) is 68.9. The van der Waals surface area contributed by atoms with Gasteiger partial charge in [-0.25, -0.2) is 9.98 Å². The molecule has 0 aliphatic carbocycles. The SMILES string of the molecule is c1ccc(C2=NC(c3ccccc3)NC(c3ccc4cc(-c5cccc6c5c5cc(-c7ccccc7)ccc5n6-c5ccccc5)ccc4c3)=N2)cc1. The van der Waals surface area contributed by atoms with Gasteiger partial charge in [-0.1, -0.05) is 152 Å². The largest absolute Gasteiger partial charge is 0.344 e. The second kappa shape index (κ2) is 12.9. The van der Waals surface area contributed by atoms with E-state index in [2.05, 4.69) is 180 Å². The monoisotopic (exact) mass is 678 g/mol. The van der Waals surface area contributed by atoms with Crippen LogP contribution in [0, 0.1) is 0 Å². The van der Waals surface area contributed by atoms with Crippen molar-refractivity contribution in [2.75, 3.05) is 0 Å². The molecule has 4 nitrogen and oxygen atoms in total. The van der Waals surface area contributed by atoms with Crippen LogP contribution in [0.4, 0.5) is 0 Å². The van der Waals surface area contributed by atoms with Crippen molar-refractivity contribution in [1.82, 2.24) is 9.88 Å². The molecule has 1 aromatic heterocycles. The van der Waals surface area contributed by atoms with Crippen molar-refractivity contribution >= 4 is 44.2 Å². The highest BCUT2D eigenvalue weighted by Gasteiger charge is 2.22. The Morgan fingerprint density at radius 1 is 0.453 bits per heavy atom. The van der Waals surface area contributed by atoms with Gasteiger partial charge in [0.2, 0.25) is 0 Å². The summed E-state index contributed by atoms with van der Waals surface area (Å²) in [5, 5.41) is 8.43. The van der Waals surface area contributed by atoms with E-state index in [9.17, 15) is 0 Å². The van der Waals surface area contributed by atoms with Crippen LogP contribution in [-0.2, 0) is 0 Å². The number of hydrogen-bond donors (Lipinski definition) is 1. The lowest BCUT2D eigenvalue weighted by atomic mass is 9.95. The van der Waals surface area contributed by atoms with Crippen molar-refractivity contribution in [2.24, 2.45) is 9.98 Å². The summed E-state index contributed by atoms with van der Waals surface area (Å²) in [6.45, 7) is 0. The zero-order valence-corrected chi connectivity index (χ0v) is 28.9. The van der Waals surface area contributed by atoms with Gasteiger partial charge < -0.3 is 9.88 Å². The fourth-order valence-corrected chi connectivity index (χ4v) is 7.66. The maximum atomic E-state index is 5.04. The normalized spacial score (nSPS) is 14.2. The molecular formula is C49H34N4. The first kappa shape index (κ1) is 30.8. The molecule has 0 spiro atoms. The average molecular weight is 679 g/mol. The molecule has 0 saturated heterocycles. The fraction of sp³-hybridized carbons (Fsp3) is 0.0204.